The number of aliphatic carboxylic acids is 1. The Balaban J connectivity index is 1.60. The molecule has 0 aliphatic heterocycles. The average Bonchev–Trinajstić information content (AvgIpc) is 3.51. The minimum Gasteiger partial charge on any atom is -0.480 e. The van der Waals surface area contributed by atoms with Gasteiger partial charge in [0.05, 0.1) is 6.54 Å². The molecule has 38 heavy (non-hydrogen) atoms. The molecule has 3 atom stereocenters. The van der Waals surface area contributed by atoms with Crippen molar-refractivity contribution in [1.82, 2.24) is 25.9 Å². The molecule has 0 saturated carbocycles. The molecule has 4 rings (SSSR count). The van der Waals surface area contributed by atoms with Gasteiger partial charge in [-0.2, -0.15) is 0 Å². The van der Waals surface area contributed by atoms with Crippen molar-refractivity contribution in [3.63, 3.8) is 0 Å². The van der Waals surface area contributed by atoms with Crippen molar-refractivity contribution in [2.45, 2.75) is 37.9 Å². The number of rotatable bonds is 11. The first-order valence-corrected chi connectivity index (χ1v) is 12.2. The lowest BCUT2D eigenvalue weighted by atomic mass is 10.0. The summed E-state index contributed by atoms with van der Waals surface area (Å²) >= 11 is 0. The zero-order valence-electron chi connectivity index (χ0n) is 20.8. The van der Waals surface area contributed by atoms with Gasteiger partial charge in [-0.1, -0.05) is 36.4 Å². The van der Waals surface area contributed by atoms with Gasteiger partial charge in [0.2, 0.25) is 17.7 Å². The zero-order valence-corrected chi connectivity index (χ0v) is 20.8. The van der Waals surface area contributed by atoms with Crippen molar-refractivity contribution in [1.29, 1.82) is 0 Å². The molecule has 8 N–H and O–H groups in total. The van der Waals surface area contributed by atoms with Crippen LogP contribution in [-0.4, -0.2) is 63.4 Å². The van der Waals surface area contributed by atoms with E-state index in [1.807, 2.05) is 48.5 Å². The number of benzene rings is 2. The van der Waals surface area contributed by atoms with Crippen LogP contribution in [-0.2, 0) is 32.0 Å². The number of fused-ring (bicyclic) bond motifs is 2. The summed E-state index contributed by atoms with van der Waals surface area (Å²) in [4.78, 5) is 56.5. The molecule has 11 nitrogen and oxygen atoms in total. The van der Waals surface area contributed by atoms with E-state index in [1.54, 1.807) is 12.4 Å². The van der Waals surface area contributed by atoms with Crippen molar-refractivity contribution in [2.24, 2.45) is 5.73 Å². The Morgan fingerprint density at radius 3 is 1.76 bits per heavy atom. The third kappa shape index (κ3) is 6.01. The predicted octanol–water partition coefficient (Wildman–Crippen LogP) is 0.952. The van der Waals surface area contributed by atoms with Crippen LogP contribution in [0, 0.1) is 0 Å². The van der Waals surface area contributed by atoms with Gasteiger partial charge in [0.1, 0.15) is 18.1 Å². The van der Waals surface area contributed by atoms with E-state index >= 15 is 0 Å². The van der Waals surface area contributed by atoms with Gasteiger partial charge in [0.15, 0.2) is 0 Å². The van der Waals surface area contributed by atoms with Gasteiger partial charge >= 0.3 is 5.97 Å². The van der Waals surface area contributed by atoms with E-state index in [-0.39, 0.29) is 19.4 Å². The van der Waals surface area contributed by atoms with E-state index in [1.165, 1.54) is 6.92 Å². The van der Waals surface area contributed by atoms with Gasteiger partial charge in [-0.15, -0.1) is 0 Å². The van der Waals surface area contributed by atoms with E-state index in [0.29, 0.717) is 0 Å². The second kappa shape index (κ2) is 11.6. The van der Waals surface area contributed by atoms with Crippen LogP contribution in [0.5, 0.6) is 0 Å². The van der Waals surface area contributed by atoms with Crippen molar-refractivity contribution in [2.75, 3.05) is 6.54 Å². The number of hydrogen-bond donors (Lipinski definition) is 7. The molecule has 0 aliphatic carbocycles. The molecule has 2 aromatic carbocycles. The summed E-state index contributed by atoms with van der Waals surface area (Å²) in [5.41, 5.74) is 8.80. The lowest BCUT2D eigenvalue weighted by Gasteiger charge is -2.24. The maximum atomic E-state index is 13.5. The minimum atomic E-state index is -1.21. The molecule has 3 amide bonds. The van der Waals surface area contributed by atoms with Gasteiger partial charge in [0.25, 0.3) is 0 Å². The Kier molecular flexibility index (Phi) is 8.07. The summed E-state index contributed by atoms with van der Waals surface area (Å²) in [6, 6.07) is 11.8. The molecule has 11 heteroatoms. The maximum Gasteiger partial charge on any atom is 0.325 e. The first kappa shape index (κ1) is 26.4. The molecule has 0 radical (unpaired) electrons. The van der Waals surface area contributed by atoms with E-state index in [0.717, 1.165) is 32.9 Å². The van der Waals surface area contributed by atoms with E-state index in [9.17, 15) is 24.3 Å². The Labute approximate surface area is 218 Å². The minimum absolute atomic E-state index is 0.0958. The third-order valence-electron chi connectivity index (χ3n) is 6.40. The highest BCUT2D eigenvalue weighted by Crippen LogP contribution is 2.21. The number of H-pyrrole nitrogens is 2. The summed E-state index contributed by atoms with van der Waals surface area (Å²) in [5.74, 6) is -2.99. The predicted molar refractivity (Wildman–Crippen MR) is 142 cm³/mol. The highest BCUT2D eigenvalue weighted by Gasteiger charge is 2.29. The smallest absolute Gasteiger partial charge is 0.325 e. The number of carbonyl (C=O) groups excluding carboxylic acids is 3. The molecule has 4 aromatic rings. The average molecular weight is 519 g/mol. The van der Waals surface area contributed by atoms with E-state index in [4.69, 9.17) is 5.73 Å². The number of nitrogens with one attached hydrogen (secondary N) is 5. The molecule has 3 unspecified atom stereocenters. The number of para-hydroxylation sites is 2. The number of aromatic amines is 2. The van der Waals surface area contributed by atoms with E-state index < -0.39 is 41.8 Å². The van der Waals surface area contributed by atoms with Crippen molar-refractivity contribution >= 4 is 45.5 Å². The standard InChI is InChI=1S/C27H30N6O5/c1-15(27(37)38)31-25(35)23(11-17-14-30-21-9-5-3-7-19(17)21)33-26(36)22(32-24(34)12-28)10-16-13-29-20-8-4-2-6-18(16)20/h2-9,13-15,22-23,29-30H,10-12,28H2,1H3,(H,31,35)(H,32,34)(H,33,36)(H,37,38). The van der Waals surface area contributed by atoms with Crippen LogP contribution in [0.1, 0.15) is 18.1 Å². The Bertz CT molecular complexity index is 1470. The quantitative estimate of drug-likeness (QED) is 0.155. The second-order valence-electron chi connectivity index (χ2n) is 9.08. The lowest BCUT2D eigenvalue weighted by molar-refractivity contribution is -0.141. The third-order valence-corrected chi connectivity index (χ3v) is 6.40. The Hall–Kier alpha value is -4.64. The summed E-state index contributed by atoms with van der Waals surface area (Å²) in [5, 5.41) is 18.8. The molecule has 0 aliphatic rings. The van der Waals surface area contributed by atoms with Crippen LogP contribution in [0.4, 0.5) is 0 Å². The Morgan fingerprint density at radius 1 is 0.789 bits per heavy atom. The summed E-state index contributed by atoms with van der Waals surface area (Å²) in [6.45, 7) is 1.03. The van der Waals surface area contributed by atoms with Crippen molar-refractivity contribution in [3.8, 4) is 0 Å². The van der Waals surface area contributed by atoms with Crippen molar-refractivity contribution < 1.29 is 24.3 Å². The lowest BCUT2D eigenvalue weighted by Crippen LogP contribution is -2.57. The summed E-state index contributed by atoms with van der Waals surface area (Å²) in [7, 11) is 0. The number of amides is 3. The van der Waals surface area contributed by atoms with E-state index in [2.05, 4.69) is 25.9 Å². The first-order valence-electron chi connectivity index (χ1n) is 12.2. The molecule has 198 valence electrons. The maximum absolute atomic E-state index is 13.5. The SMILES string of the molecule is CC(NC(=O)C(Cc1c[nH]c2ccccc12)NC(=O)C(Cc1c[nH]c2ccccc12)NC(=O)CN)C(=O)O. The van der Waals surface area contributed by atoms with Crippen LogP contribution in [0.3, 0.4) is 0 Å². The van der Waals surface area contributed by atoms with Crippen LogP contribution in [0.2, 0.25) is 0 Å². The van der Waals surface area contributed by atoms with Gasteiger partial charge in [-0.05, 0) is 30.2 Å². The molecule has 0 spiro atoms. The normalized spacial score (nSPS) is 13.5. The zero-order chi connectivity index (χ0) is 27.2. The fourth-order valence-electron chi connectivity index (χ4n) is 4.36. The van der Waals surface area contributed by atoms with Crippen LogP contribution in [0.25, 0.3) is 21.8 Å². The number of carboxylic acid groups (broad SMARTS) is 1. The number of carboxylic acids is 1. The molecular formula is C27H30N6O5. The summed E-state index contributed by atoms with van der Waals surface area (Å²) in [6.07, 6.45) is 3.76. The van der Waals surface area contributed by atoms with Gasteiger partial charge in [-0.25, -0.2) is 0 Å². The molecule has 0 saturated heterocycles. The molecule has 2 aromatic heterocycles. The van der Waals surface area contributed by atoms with Crippen molar-refractivity contribution in [3.05, 3.63) is 72.1 Å². The number of nitrogens with two attached hydrogens (primary N) is 1. The number of carbonyl (C=O) groups is 4. The fraction of sp³-hybridized carbons (Fsp3) is 0.259. The van der Waals surface area contributed by atoms with Gasteiger partial charge in [0, 0.05) is 47.0 Å². The molecular weight excluding hydrogens is 488 g/mol. The number of aromatic nitrogens is 2. The van der Waals surface area contributed by atoms with Crippen LogP contribution >= 0.6 is 0 Å². The molecule has 2 heterocycles. The highest BCUT2D eigenvalue weighted by atomic mass is 16.4. The van der Waals surface area contributed by atoms with Gasteiger partial charge in [-0.3, -0.25) is 19.2 Å². The first-order chi connectivity index (χ1) is 18.3. The monoisotopic (exact) mass is 518 g/mol. The highest BCUT2D eigenvalue weighted by molar-refractivity contribution is 5.95. The van der Waals surface area contributed by atoms with Gasteiger partial charge < -0.3 is 36.8 Å². The summed E-state index contributed by atoms with van der Waals surface area (Å²) < 4.78 is 0. The second-order valence-corrected chi connectivity index (χ2v) is 9.08. The topological polar surface area (TPSA) is 182 Å². The Morgan fingerprint density at radius 2 is 1.26 bits per heavy atom. The molecule has 0 bridgehead atoms. The molecule has 0 fully saturated rings. The number of hydrogen-bond acceptors (Lipinski definition) is 5. The van der Waals surface area contributed by atoms with Crippen LogP contribution in [0.15, 0.2) is 60.9 Å². The fourth-order valence-corrected chi connectivity index (χ4v) is 4.36. The van der Waals surface area contributed by atoms with Crippen LogP contribution < -0.4 is 21.7 Å². The largest absolute Gasteiger partial charge is 0.480 e.